The number of carbonyl (C=O) groups excluding carboxylic acids is 2. The predicted molar refractivity (Wildman–Crippen MR) is 132 cm³/mol. The lowest BCUT2D eigenvalue weighted by atomic mass is 9.44. The summed E-state index contributed by atoms with van der Waals surface area (Å²) in [4.78, 5) is 32.7. The third kappa shape index (κ3) is 5.26. The molecule has 1 saturated heterocycles. The molecule has 5 fully saturated rings. The van der Waals surface area contributed by atoms with Crippen molar-refractivity contribution in [3.05, 3.63) is 0 Å². The molecule has 0 aromatic rings. The van der Waals surface area contributed by atoms with Gasteiger partial charge in [-0.15, -0.1) is 0 Å². The maximum atomic E-state index is 12.2. The fourth-order valence-electron chi connectivity index (χ4n) is 8.78. The molecule has 198 valence electrons. The van der Waals surface area contributed by atoms with Crippen molar-refractivity contribution in [1.82, 2.24) is 5.32 Å². The van der Waals surface area contributed by atoms with Crippen LogP contribution in [0.25, 0.3) is 0 Å². The fraction of sp³-hybridized carbons (Fsp3) is 0.893. The van der Waals surface area contributed by atoms with Crippen LogP contribution in [-0.4, -0.2) is 48.8 Å². The lowest BCUT2D eigenvalue weighted by molar-refractivity contribution is -0.141. The van der Waals surface area contributed by atoms with E-state index in [0.717, 1.165) is 29.6 Å². The standard InChI is InChI=1S/C22H36O.C6H9NO5/c1-14-9-11-21(3)16(13-14)5-6-17-19-8-7-18(15(2)23)22(19,4)12-10-20(17)21;8-5(9)3-11-6(10)12-4-1-7-2-4/h14,16-20H,5-13H2,1-4H3;4,7H,1-3H2,(H,8,9). The van der Waals surface area contributed by atoms with Gasteiger partial charge in [0.25, 0.3) is 0 Å². The number of carbonyl (C=O) groups is 3. The summed E-state index contributed by atoms with van der Waals surface area (Å²) >= 11 is 0. The monoisotopic (exact) mass is 491 g/mol. The molecule has 0 spiro atoms. The van der Waals surface area contributed by atoms with Crippen LogP contribution in [0.2, 0.25) is 0 Å². The van der Waals surface area contributed by atoms with E-state index in [1.165, 1.54) is 57.8 Å². The van der Waals surface area contributed by atoms with Crippen LogP contribution >= 0.6 is 0 Å². The van der Waals surface area contributed by atoms with Gasteiger partial charge in [0.1, 0.15) is 11.9 Å². The maximum absolute atomic E-state index is 12.2. The largest absolute Gasteiger partial charge is 0.509 e. The van der Waals surface area contributed by atoms with Crippen LogP contribution in [0, 0.1) is 46.3 Å². The molecule has 0 bridgehead atoms. The molecule has 1 heterocycles. The molecule has 5 aliphatic rings. The minimum Gasteiger partial charge on any atom is -0.479 e. The molecule has 7 heteroatoms. The maximum Gasteiger partial charge on any atom is 0.509 e. The predicted octanol–water partition coefficient (Wildman–Crippen LogP) is 5.07. The van der Waals surface area contributed by atoms with E-state index in [0.29, 0.717) is 35.6 Å². The van der Waals surface area contributed by atoms with Gasteiger partial charge < -0.3 is 19.9 Å². The van der Waals surface area contributed by atoms with Crippen LogP contribution in [-0.2, 0) is 19.1 Å². The summed E-state index contributed by atoms with van der Waals surface area (Å²) in [5.74, 6) is 4.30. The van der Waals surface area contributed by atoms with E-state index >= 15 is 0 Å². The second kappa shape index (κ2) is 10.4. The van der Waals surface area contributed by atoms with Crippen molar-refractivity contribution in [2.75, 3.05) is 19.7 Å². The Morgan fingerprint density at radius 1 is 0.943 bits per heavy atom. The smallest absolute Gasteiger partial charge is 0.479 e. The van der Waals surface area contributed by atoms with Crippen LogP contribution in [0.3, 0.4) is 0 Å². The van der Waals surface area contributed by atoms with Crippen LogP contribution in [0.4, 0.5) is 4.79 Å². The number of rotatable bonds is 4. The molecule has 0 radical (unpaired) electrons. The first kappa shape index (κ1) is 26.4. The average molecular weight is 492 g/mol. The zero-order valence-electron chi connectivity index (χ0n) is 22.0. The molecule has 7 nitrogen and oxygen atoms in total. The van der Waals surface area contributed by atoms with Gasteiger partial charge in [0.15, 0.2) is 6.61 Å². The van der Waals surface area contributed by atoms with Gasteiger partial charge in [-0.25, -0.2) is 9.59 Å². The second-order valence-electron chi connectivity index (χ2n) is 12.7. The van der Waals surface area contributed by atoms with Gasteiger partial charge in [-0.3, -0.25) is 4.79 Å². The van der Waals surface area contributed by atoms with Crippen LogP contribution in [0.5, 0.6) is 0 Å². The molecular weight excluding hydrogens is 446 g/mol. The average Bonchev–Trinajstić information content (AvgIpc) is 3.13. The molecule has 0 amide bonds. The van der Waals surface area contributed by atoms with Gasteiger partial charge in [0, 0.05) is 19.0 Å². The molecule has 4 saturated carbocycles. The van der Waals surface area contributed by atoms with Crippen molar-refractivity contribution in [3.8, 4) is 0 Å². The number of ether oxygens (including phenoxy) is 2. The Balaban J connectivity index is 0.000000204. The van der Waals surface area contributed by atoms with Gasteiger partial charge >= 0.3 is 12.1 Å². The van der Waals surface area contributed by atoms with Gasteiger partial charge in [0.2, 0.25) is 0 Å². The van der Waals surface area contributed by atoms with E-state index in [9.17, 15) is 14.4 Å². The highest BCUT2D eigenvalue weighted by Crippen LogP contribution is 2.67. The SMILES string of the molecule is CC(=O)C1CCC2C3CCC4CC(C)CCC4(C)C3CCC12C.O=C(O)COC(=O)OC1CNC1. The van der Waals surface area contributed by atoms with E-state index in [1.807, 2.05) is 6.92 Å². The Labute approximate surface area is 210 Å². The third-order valence-electron chi connectivity index (χ3n) is 10.7. The summed E-state index contributed by atoms with van der Waals surface area (Å²) in [7, 11) is 0. The van der Waals surface area contributed by atoms with Crippen LogP contribution in [0.15, 0.2) is 0 Å². The Hall–Kier alpha value is -1.63. The molecule has 0 aromatic heterocycles. The number of carboxylic acids is 1. The lowest BCUT2D eigenvalue weighted by Gasteiger charge is -2.61. The molecule has 0 aromatic carbocycles. The molecule has 35 heavy (non-hydrogen) atoms. The summed E-state index contributed by atoms with van der Waals surface area (Å²) in [6, 6.07) is 0. The highest BCUT2D eigenvalue weighted by Gasteiger charge is 2.60. The number of hydrogen-bond donors (Lipinski definition) is 2. The zero-order valence-corrected chi connectivity index (χ0v) is 22.0. The number of Topliss-reactive ketones (excluding diaryl/α,β-unsaturated/α-hetero) is 1. The van der Waals surface area contributed by atoms with Gasteiger partial charge in [-0.05, 0) is 98.7 Å². The number of hydrogen-bond acceptors (Lipinski definition) is 6. The highest BCUT2D eigenvalue weighted by molar-refractivity contribution is 5.79. The summed E-state index contributed by atoms with van der Waals surface area (Å²) in [5, 5.41) is 11.0. The number of fused-ring (bicyclic) bond motifs is 5. The quantitative estimate of drug-likeness (QED) is 0.530. The van der Waals surface area contributed by atoms with Gasteiger partial charge in [-0.2, -0.15) is 0 Å². The Morgan fingerprint density at radius 2 is 1.63 bits per heavy atom. The van der Waals surface area contributed by atoms with E-state index in [1.54, 1.807) is 0 Å². The molecule has 2 N–H and O–H groups in total. The highest BCUT2D eigenvalue weighted by atomic mass is 16.7. The number of ketones is 1. The summed E-state index contributed by atoms with van der Waals surface area (Å²) in [6.45, 7) is 10.00. The normalized spacial score (nSPS) is 42.2. The Kier molecular flexibility index (Phi) is 7.85. The van der Waals surface area contributed by atoms with E-state index < -0.39 is 18.7 Å². The molecule has 4 aliphatic carbocycles. The van der Waals surface area contributed by atoms with Crippen molar-refractivity contribution < 1.29 is 29.0 Å². The number of aliphatic carboxylic acids is 1. The van der Waals surface area contributed by atoms with Crippen molar-refractivity contribution in [2.45, 2.75) is 91.6 Å². The van der Waals surface area contributed by atoms with E-state index in [4.69, 9.17) is 5.11 Å². The molecule has 5 rings (SSSR count). The van der Waals surface area contributed by atoms with Crippen molar-refractivity contribution >= 4 is 17.9 Å². The lowest BCUT2D eigenvalue weighted by Crippen LogP contribution is -2.53. The zero-order chi connectivity index (χ0) is 25.4. The number of carboxylic acid groups (broad SMARTS) is 1. The third-order valence-corrected chi connectivity index (χ3v) is 10.7. The minimum absolute atomic E-state index is 0.175. The summed E-state index contributed by atoms with van der Waals surface area (Å²) in [5.41, 5.74) is 0.948. The summed E-state index contributed by atoms with van der Waals surface area (Å²) < 4.78 is 8.87. The van der Waals surface area contributed by atoms with E-state index in [2.05, 4.69) is 35.6 Å². The van der Waals surface area contributed by atoms with E-state index in [-0.39, 0.29) is 6.10 Å². The summed E-state index contributed by atoms with van der Waals surface area (Å²) in [6.07, 6.45) is 11.5. The molecule has 8 atom stereocenters. The first-order chi connectivity index (χ1) is 16.5. The Bertz CT molecular complexity index is 811. The number of nitrogens with one attached hydrogen (secondary N) is 1. The van der Waals surface area contributed by atoms with Crippen molar-refractivity contribution in [3.63, 3.8) is 0 Å². The Morgan fingerprint density at radius 3 is 2.26 bits per heavy atom. The fourth-order valence-corrected chi connectivity index (χ4v) is 8.78. The van der Waals surface area contributed by atoms with Crippen molar-refractivity contribution in [2.24, 2.45) is 46.3 Å². The topological polar surface area (TPSA) is 102 Å². The molecule has 8 unspecified atom stereocenters. The van der Waals surface area contributed by atoms with Gasteiger partial charge in [0.05, 0.1) is 0 Å². The van der Waals surface area contributed by atoms with Gasteiger partial charge in [-0.1, -0.05) is 27.2 Å². The second-order valence-corrected chi connectivity index (χ2v) is 12.7. The van der Waals surface area contributed by atoms with Crippen LogP contribution < -0.4 is 5.32 Å². The first-order valence-corrected chi connectivity index (χ1v) is 13.8. The molecular formula is C28H45NO6. The first-order valence-electron chi connectivity index (χ1n) is 13.8. The molecule has 1 aliphatic heterocycles. The minimum atomic E-state index is -1.20. The van der Waals surface area contributed by atoms with Crippen molar-refractivity contribution in [1.29, 1.82) is 0 Å². The van der Waals surface area contributed by atoms with Crippen LogP contribution in [0.1, 0.15) is 85.5 Å².